The summed E-state index contributed by atoms with van der Waals surface area (Å²) in [6.45, 7) is 7.89. The second-order valence-corrected chi connectivity index (χ2v) is 10.3. The standard InChI is InChI=1S/C24H31N3O5S/c1-18(2)17-32-24(29)27-12-6-11-26(13-14-27)23(28)20-8-5-10-22(16-20)33(30,31)25-21-9-4-7-19(3)15-21/h4-5,7-10,15-16,18,25H,6,11-14,17H2,1-3H3. The Balaban J connectivity index is 1.68. The number of amides is 2. The third-order valence-electron chi connectivity index (χ3n) is 5.24. The average Bonchev–Trinajstić information content (AvgIpc) is 3.03. The molecule has 1 fully saturated rings. The van der Waals surface area contributed by atoms with Crippen LogP contribution in [-0.2, 0) is 14.8 Å². The zero-order valence-corrected chi connectivity index (χ0v) is 20.1. The highest BCUT2D eigenvalue weighted by Gasteiger charge is 2.25. The van der Waals surface area contributed by atoms with Gasteiger partial charge >= 0.3 is 6.09 Å². The molecule has 9 heteroatoms. The van der Waals surface area contributed by atoms with Crippen LogP contribution in [0, 0.1) is 12.8 Å². The Morgan fingerprint density at radius 3 is 2.42 bits per heavy atom. The Morgan fingerprint density at radius 1 is 1.00 bits per heavy atom. The monoisotopic (exact) mass is 473 g/mol. The summed E-state index contributed by atoms with van der Waals surface area (Å²) in [5.41, 5.74) is 1.68. The molecule has 0 bridgehead atoms. The van der Waals surface area contributed by atoms with Gasteiger partial charge in [-0.1, -0.05) is 32.0 Å². The minimum Gasteiger partial charge on any atom is -0.449 e. The van der Waals surface area contributed by atoms with Crippen molar-refractivity contribution in [1.82, 2.24) is 9.80 Å². The van der Waals surface area contributed by atoms with Gasteiger partial charge in [-0.15, -0.1) is 0 Å². The van der Waals surface area contributed by atoms with Crippen molar-refractivity contribution in [2.45, 2.75) is 32.1 Å². The highest BCUT2D eigenvalue weighted by atomic mass is 32.2. The zero-order valence-electron chi connectivity index (χ0n) is 19.3. The van der Waals surface area contributed by atoms with Crippen LogP contribution in [0.25, 0.3) is 0 Å². The molecule has 0 saturated carbocycles. The highest BCUT2D eigenvalue weighted by molar-refractivity contribution is 7.92. The van der Waals surface area contributed by atoms with E-state index >= 15 is 0 Å². The largest absolute Gasteiger partial charge is 0.449 e. The first-order valence-corrected chi connectivity index (χ1v) is 12.5. The van der Waals surface area contributed by atoms with E-state index in [4.69, 9.17) is 4.74 Å². The molecule has 1 heterocycles. The van der Waals surface area contributed by atoms with E-state index in [0.29, 0.717) is 44.9 Å². The van der Waals surface area contributed by atoms with Gasteiger partial charge < -0.3 is 14.5 Å². The molecular formula is C24H31N3O5S. The van der Waals surface area contributed by atoms with Crippen LogP contribution in [0.1, 0.15) is 36.2 Å². The Morgan fingerprint density at radius 2 is 1.70 bits per heavy atom. The number of carbonyl (C=O) groups excluding carboxylic acids is 2. The number of nitrogens with zero attached hydrogens (tertiary/aromatic N) is 2. The van der Waals surface area contributed by atoms with Crippen molar-refractivity contribution in [2.75, 3.05) is 37.5 Å². The smallest absolute Gasteiger partial charge is 0.409 e. The molecule has 0 atom stereocenters. The van der Waals surface area contributed by atoms with Crippen molar-refractivity contribution >= 4 is 27.7 Å². The SMILES string of the molecule is Cc1cccc(NS(=O)(=O)c2cccc(C(=O)N3CCCN(C(=O)OCC(C)C)CC3)c2)c1. The maximum absolute atomic E-state index is 13.1. The molecule has 3 rings (SSSR count). The van der Waals surface area contributed by atoms with Crippen molar-refractivity contribution in [3.8, 4) is 0 Å². The lowest BCUT2D eigenvalue weighted by Crippen LogP contribution is -2.38. The summed E-state index contributed by atoms with van der Waals surface area (Å²) in [5.74, 6) is -0.0111. The van der Waals surface area contributed by atoms with E-state index in [0.717, 1.165) is 5.56 Å². The van der Waals surface area contributed by atoms with Crippen LogP contribution in [0.3, 0.4) is 0 Å². The molecule has 178 valence electrons. The number of hydrogen-bond donors (Lipinski definition) is 1. The molecule has 2 aromatic rings. The van der Waals surface area contributed by atoms with Crippen LogP contribution >= 0.6 is 0 Å². The number of anilines is 1. The molecule has 0 spiro atoms. The maximum atomic E-state index is 13.1. The van der Waals surface area contributed by atoms with Gasteiger partial charge in [-0.3, -0.25) is 9.52 Å². The fourth-order valence-electron chi connectivity index (χ4n) is 3.53. The van der Waals surface area contributed by atoms with E-state index in [1.54, 1.807) is 40.1 Å². The Kier molecular flexibility index (Phi) is 7.97. The number of rotatable bonds is 6. The fourth-order valence-corrected chi connectivity index (χ4v) is 4.63. The third-order valence-corrected chi connectivity index (χ3v) is 6.62. The summed E-state index contributed by atoms with van der Waals surface area (Å²) in [5, 5.41) is 0. The van der Waals surface area contributed by atoms with E-state index in [1.807, 2.05) is 26.8 Å². The lowest BCUT2D eigenvalue weighted by molar-refractivity contribution is 0.0746. The molecule has 0 radical (unpaired) electrons. The molecule has 1 N–H and O–H groups in total. The zero-order chi connectivity index (χ0) is 24.0. The normalized spacial score (nSPS) is 14.7. The summed E-state index contributed by atoms with van der Waals surface area (Å²) in [4.78, 5) is 28.6. The summed E-state index contributed by atoms with van der Waals surface area (Å²) < 4.78 is 33.6. The molecule has 0 aliphatic carbocycles. The van der Waals surface area contributed by atoms with Gasteiger partial charge in [-0.25, -0.2) is 13.2 Å². The van der Waals surface area contributed by atoms with Gasteiger partial charge in [0.25, 0.3) is 15.9 Å². The number of ether oxygens (including phenoxy) is 1. The lowest BCUT2D eigenvalue weighted by atomic mass is 10.2. The molecule has 1 aliphatic heterocycles. The van der Waals surface area contributed by atoms with Gasteiger partial charge in [-0.05, 0) is 55.2 Å². The van der Waals surface area contributed by atoms with Gasteiger partial charge in [0, 0.05) is 37.4 Å². The van der Waals surface area contributed by atoms with Crippen LogP contribution in [0.2, 0.25) is 0 Å². The topological polar surface area (TPSA) is 96.0 Å². The number of nitrogens with one attached hydrogen (secondary N) is 1. The van der Waals surface area contributed by atoms with E-state index in [-0.39, 0.29) is 28.4 Å². The maximum Gasteiger partial charge on any atom is 0.409 e. The Labute approximate surface area is 195 Å². The predicted molar refractivity (Wildman–Crippen MR) is 127 cm³/mol. The molecule has 8 nitrogen and oxygen atoms in total. The van der Waals surface area contributed by atoms with Crippen LogP contribution in [0.5, 0.6) is 0 Å². The first kappa shape index (κ1) is 24.6. The van der Waals surface area contributed by atoms with Gasteiger partial charge in [0.15, 0.2) is 0 Å². The molecule has 0 unspecified atom stereocenters. The van der Waals surface area contributed by atoms with Crippen molar-refractivity contribution in [1.29, 1.82) is 0 Å². The Bertz CT molecular complexity index is 1100. The van der Waals surface area contributed by atoms with Crippen LogP contribution in [-0.4, -0.2) is 63.0 Å². The number of benzene rings is 2. The Hall–Kier alpha value is -3.07. The minimum absolute atomic E-state index is 0.0172. The molecule has 2 amide bonds. The third kappa shape index (κ3) is 6.71. The van der Waals surface area contributed by atoms with Gasteiger partial charge in [0.1, 0.15) is 0 Å². The molecule has 1 aliphatic rings. The van der Waals surface area contributed by atoms with Crippen LogP contribution in [0.15, 0.2) is 53.4 Å². The highest BCUT2D eigenvalue weighted by Crippen LogP contribution is 2.19. The van der Waals surface area contributed by atoms with Gasteiger partial charge in [-0.2, -0.15) is 0 Å². The predicted octanol–water partition coefficient (Wildman–Crippen LogP) is 3.74. The van der Waals surface area contributed by atoms with Crippen molar-refractivity contribution in [2.24, 2.45) is 5.92 Å². The fraction of sp³-hybridized carbons (Fsp3) is 0.417. The van der Waals surface area contributed by atoms with Crippen molar-refractivity contribution < 1.29 is 22.7 Å². The van der Waals surface area contributed by atoms with E-state index in [1.165, 1.54) is 12.1 Å². The summed E-state index contributed by atoms with van der Waals surface area (Å²) >= 11 is 0. The second-order valence-electron chi connectivity index (χ2n) is 8.61. The van der Waals surface area contributed by atoms with E-state index in [2.05, 4.69) is 4.72 Å². The van der Waals surface area contributed by atoms with E-state index < -0.39 is 10.0 Å². The summed E-state index contributed by atoms with van der Waals surface area (Å²) in [7, 11) is -3.85. The van der Waals surface area contributed by atoms with E-state index in [9.17, 15) is 18.0 Å². The lowest BCUT2D eigenvalue weighted by Gasteiger charge is -2.22. The van der Waals surface area contributed by atoms with Crippen LogP contribution < -0.4 is 4.72 Å². The summed E-state index contributed by atoms with van der Waals surface area (Å²) in [6, 6.07) is 13.1. The number of carbonyl (C=O) groups is 2. The summed E-state index contributed by atoms with van der Waals surface area (Å²) in [6.07, 6.45) is 0.253. The van der Waals surface area contributed by atoms with Gasteiger partial charge in [0.05, 0.1) is 11.5 Å². The number of hydrogen-bond acceptors (Lipinski definition) is 5. The quantitative estimate of drug-likeness (QED) is 0.690. The molecule has 33 heavy (non-hydrogen) atoms. The van der Waals surface area contributed by atoms with Gasteiger partial charge in [0.2, 0.25) is 0 Å². The molecular weight excluding hydrogens is 442 g/mol. The first-order chi connectivity index (χ1) is 15.7. The minimum atomic E-state index is -3.85. The number of aryl methyl sites for hydroxylation is 1. The first-order valence-electron chi connectivity index (χ1n) is 11.1. The van der Waals surface area contributed by atoms with Crippen LogP contribution in [0.4, 0.5) is 10.5 Å². The molecule has 0 aromatic heterocycles. The average molecular weight is 474 g/mol. The second kappa shape index (κ2) is 10.7. The molecule has 2 aromatic carbocycles. The molecule has 1 saturated heterocycles. The number of sulfonamides is 1. The van der Waals surface area contributed by atoms with Crippen molar-refractivity contribution in [3.05, 3.63) is 59.7 Å². The van der Waals surface area contributed by atoms with Crippen molar-refractivity contribution in [3.63, 3.8) is 0 Å².